The predicted octanol–water partition coefficient (Wildman–Crippen LogP) is -0.0139. The largest absolute Gasteiger partial charge is 0.367 e. The molecule has 4 N–H and O–H groups in total. The van der Waals surface area contributed by atoms with Gasteiger partial charge in [-0.25, -0.2) is 0 Å². The first-order valence-corrected chi connectivity index (χ1v) is 5.37. The summed E-state index contributed by atoms with van der Waals surface area (Å²) in [5.74, 6) is -0.341. The molecule has 1 aliphatic carbocycles. The minimum atomic E-state index is -0.341. The molecule has 2 rings (SSSR count). The monoisotopic (exact) mass is 221 g/mol. The second kappa shape index (κ2) is 4.09. The zero-order valence-electron chi connectivity index (χ0n) is 8.95. The van der Waals surface area contributed by atoms with Crippen LogP contribution in [0.25, 0.3) is 0 Å². The highest BCUT2D eigenvalue weighted by Gasteiger charge is 2.37. The number of aromatic nitrogens is 1. The average molecular weight is 221 g/mol. The molecule has 1 heterocycles. The Hall–Kier alpha value is -1.62. The zero-order valence-corrected chi connectivity index (χ0v) is 8.95. The molecule has 1 aromatic heterocycles. The Morgan fingerprint density at radius 1 is 1.56 bits per heavy atom. The summed E-state index contributed by atoms with van der Waals surface area (Å²) in [6, 6.07) is 1.34. The SMILES string of the molecule is NCC1(NC(=O)c2c[nH]ccc2=O)CCC1. The maximum atomic E-state index is 11.8. The van der Waals surface area contributed by atoms with Gasteiger partial charge in [0.2, 0.25) is 0 Å². The van der Waals surface area contributed by atoms with E-state index in [0.29, 0.717) is 6.54 Å². The van der Waals surface area contributed by atoms with E-state index in [9.17, 15) is 9.59 Å². The van der Waals surface area contributed by atoms with Crippen LogP contribution in [0.3, 0.4) is 0 Å². The summed E-state index contributed by atoms with van der Waals surface area (Å²) in [7, 11) is 0. The molecule has 5 nitrogen and oxygen atoms in total. The number of carbonyl (C=O) groups excluding carboxylic acids is 1. The van der Waals surface area contributed by atoms with Crippen LogP contribution in [0.1, 0.15) is 29.6 Å². The van der Waals surface area contributed by atoms with E-state index in [-0.39, 0.29) is 22.4 Å². The van der Waals surface area contributed by atoms with Gasteiger partial charge in [0.25, 0.3) is 5.91 Å². The Bertz CT molecular complexity index is 443. The molecule has 0 atom stereocenters. The lowest BCUT2D eigenvalue weighted by molar-refractivity contribution is 0.0836. The van der Waals surface area contributed by atoms with Crippen LogP contribution in [0.4, 0.5) is 0 Å². The smallest absolute Gasteiger partial charge is 0.257 e. The maximum Gasteiger partial charge on any atom is 0.257 e. The molecule has 0 unspecified atom stereocenters. The van der Waals surface area contributed by atoms with Crippen LogP contribution in [0, 0.1) is 0 Å². The summed E-state index contributed by atoms with van der Waals surface area (Å²) in [6.07, 6.45) is 5.77. The number of H-pyrrole nitrogens is 1. The summed E-state index contributed by atoms with van der Waals surface area (Å²) in [4.78, 5) is 26.0. The molecule has 1 aromatic rings. The highest BCUT2D eigenvalue weighted by atomic mass is 16.2. The number of pyridine rings is 1. The molecule has 0 aliphatic heterocycles. The van der Waals surface area contributed by atoms with Gasteiger partial charge < -0.3 is 16.0 Å². The molecule has 5 heteroatoms. The number of aromatic amines is 1. The van der Waals surface area contributed by atoms with Crippen LogP contribution in [-0.4, -0.2) is 23.0 Å². The molecule has 1 aliphatic rings. The lowest BCUT2D eigenvalue weighted by Gasteiger charge is -2.41. The molecule has 0 radical (unpaired) electrons. The van der Waals surface area contributed by atoms with E-state index in [1.54, 1.807) is 0 Å². The van der Waals surface area contributed by atoms with Gasteiger partial charge in [0.15, 0.2) is 5.43 Å². The van der Waals surface area contributed by atoms with Gasteiger partial charge >= 0.3 is 0 Å². The summed E-state index contributed by atoms with van der Waals surface area (Å²) >= 11 is 0. The molecule has 0 saturated heterocycles. The van der Waals surface area contributed by atoms with E-state index in [2.05, 4.69) is 10.3 Å². The molecule has 1 fully saturated rings. The van der Waals surface area contributed by atoms with Crippen molar-refractivity contribution in [1.29, 1.82) is 0 Å². The van der Waals surface area contributed by atoms with Crippen molar-refractivity contribution >= 4 is 5.91 Å². The van der Waals surface area contributed by atoms with Gasteiger partial charge in [-0.15, -0.1) is 0 Å². The molecule has 16 heavy (non-hydrogen) atoms. The number of rotatable bonds is 3. The molecular formula is C11H15N3O2. The minimum Gasteiger partial charge on any atom is -0.367 e. The zero-order chi connectivity index (χ0) is 11.6. The molecule has 86 valence electrons. The Morgan fingerprint density at radius 2 is 2.31 bits per heavy atom. The van der Waals surface area contributed by atoms with Gasteiger partial charge in [-0.05, 0) is 19.3 Å². The maximum absolute atomic E-state index is 11.8. The summed E-state index contributed by atoms with van der Waals surface area (Å²) in [6.45, 7) is 0.420. The van der Waals surface area contributed by atoms with E-state index in [4.69, 9.17) is 5.73 Å². The van der Waals surface area contributed by atoms with Crippen molar-refractivity contribution < 1.29 is 4.79 Å². The van der Waals surface area contributed by atoms with Crippen LogP contribution in [0.5, 0.6) is 0 Å². The number of carbonyl (C=O) groups is 1. The highest BCUT2D eigenvalue weighted by Crippen LogP contribution is 2.30. The fourth-order valence-electron chi connectivity index (χ4n) is 1.89. The lowest BCUT2D eigenvalue weighted by atomic mass is 9.76. The minimum absolute atomic E-state index is 0.141. The fraction of sp³-hybridized carbons (Fsp3) is 0.455. The normalized spacial score (nSPS) is 17.6. The number of hydrogen-bond donors (Lipinski definition) is 3. The molecular weight excluding hydrogens is 206 g/mol. The second-order valence-electron chi connectivity index (χ2n) is 4.21. The van der Waals surface area contributed by atoms with Crippen molar-refractivity contribution in [3.05, 3.63) is 34.2 Å². The summed E-state index contributed by atoms with van der Waals surface area (Å²) < 4.78 is 0. The fourth-order valence-corrected chi connectivity index (χ4v) is 1.89. The number of nitrogens with two attached hydrogens (primary N) is 1. The van der Waals surface area contributed by atoms with Crippen molar-refractivity contribution in [2.45, 2.75) is 24.8 Å². The molecule has 0 aromatic carbocycles. The second-order valence-corrected chi connectivity index (χ2v) is 4.21. The van der Waals surface area contributed by atoms with Crippen molar-refractivity contribution in [2.24, 2.45) is 5.73 Å². The van der Waals surface area contributed by atoms with Crippen LogP contribution in [0.2, 0.25) is 0 Å². The average Bonchev–Trinajstić information content (AvgIpc) is 2.24. The van der Waals surface area contributed by atoms with Crippen LogP contribution >= 0.6 is 0 Å². The van der Waals surface area contributed by atoms with E-state index in [1.807, 2.05) is 0 Å². The first kappa shape index (κ1) is 10.9. The Balaban J connectivity index is 2.15. The number of nitrogens with one attached hydrogen (secondary N) is 2. The standard InChI is InChI=1S/C11H15N3O2/c12-7-11(3-1-4-11)14-10(16)8-6-13-5-2-9(8)15/h2,5-6H,1,3-4,7,12H2,(H,13,15)(H,14,16). The topological polar surface area (TPSA) is 88.0 Å². The number of amides is 1. The van der Waals surface area contributed by atoms with Gasteiger partial charge in [-0.1, -0.05) is 0 Å². The van der Waals surface area contributed by atoms with E-state index >= 15 is 0 Å². The predicted molar refractivity (Wildman–Crippen MR) is 60.2 cm³/mol. The molecule has 1 amide bonds. The van der Waals surface area contributed by atoms with Crippen LogP contribution in [-0.2, 0) is 0 Å². The van der Waals surface area contributed by atoms with Crippen molar-refractivity contribution in [2.75, 3.05) is 6.54 Å². The number of hydrogen-bond acceptors (Lipinski definition) is 3. The quantitative estimate of drug-likeness (QED) is 0.670. The van der Waals surface area contributed by atoms with Crippen molar-refractivity contribution in [3.63, 3.8) is 0 Å². The first-order valence-electron chi connectivity index (χ1n) is 5.37. The lowest BCUT2D eigenvalue weighted by Crippen LogP contribution is -2.58. The molecule has 0 spiro atoms. The van der Waals surface area contributed by atoms with E-state index in [0.717, 1.165) is 19.3 Å². The van der Waals surface area contributed by atoms with Crippen molar-refractivity contribution in [3.8, 4) is 0 Å². The summed E-state index contributed by atoms with van der Waals surface area (Å²) in [5.41, 5.74) is 5.21. The van der Waals surface area contributed by atoms with Gasteiger partial charge in [0.05, 0.1) is 5.54 Å². The Labute approximate surface area is 93.0 Å². The first-order chi connectivity index (χ1) is 7.67. The third-order valence-corrected chi connectivity index (χ3v) is 3.15. The molecule has 0 bridgehead atoms. The van der Waals surface area contributed by atoms with Crippen LogP contribution < -0.4 is 16.5 Å². The van der Waals surface area contributed by atoms with E-state index < -0.39 is 0 Å². The summed E-state index contributed by atoms with van der Waals surface area (Å²) in [5, 5.41) is 2.85. The van der Waals surface area contributed by atoms with Crippen molar-refractivity contribution in [1.82, 2.24) is 10.3 Å². The highest BCUT2D eigenvalue weighted by molar-refractivity contribution is 5.94. The van der Waals surface area contributed by atoms with Gasteiger partial charge in [0, 0.05) is 25.0 Å². The third-order valence-electron chi connectivity index (χ3n) is 3.15. The third kappa shape index (κ3) is 1.86. The molecule has 1 saturated carbocycles. The van der Waals surface area contributed by atoms with Crippen LogP contribution in [0.15, 0.2) is 23.3 Å². The Kier molecular flexibility index (Phi) is 2.78. The van der Waals surface area contributed by atoms with Gasteiger partial charge in [0.1, 0.15) is 5.56 Å². The van der Waals surface area contributed by atoms with Gasteiger partial charge in [-0.2, -0.15) is 0 Å². The van der Waals surface area contributed by atoms with E-state index in [1.165, 1.54) is 18.5 Å². The van der Waals surface area contributed by atoms with Gasteiger partial charge in [-0.3, -0.25) is 9.59 Å². The Morgan fingerprint density at radius 3 is 2.81 bits per heavy atom.